The fourth-order valence-electron chi connectivity index (χ4n) is 1.69. The van der Waals surface area contributed by atoms with Gasteiger partial charge in [0.05, 0.1) is 0 Å². The smallest absolute Gasteiger partial charge is 0.222 e. The van der Waals surface area contributed by atoms with E-state index in [1.165, 1.54) is 0 Å². The molecule has 0 fully saturated rings. The van der Waals surface area contributed by atoms with E-state index in [-0.39, 0.29) is 11.8 Å². The second-order valence-corrected chi connectivity index (χ2v) is 4.73. The summed E-state index contributed by atoms with van der Waals surface area (Å²) in [4.78, 5) is 15.5. The second kappa shape index (κ2) is 7.74. The van der Waals surface area contributed by atoms with Gasteiger partial charge in [0.15, 0.2) is 5.96 Å². The largest absolute Gasteiger partial charge is 0.355 e. The normalized spacial score (nSPS) is 16.1. The highest BCUT2D eigenvalue weighted by Crippen LogP contribution is 2.08. The monoisotopic (exact) mass is 252 g/mol. The zero-order valence-corrected chi connectivity index (χ0v) is 11.5. The lowest BCUT2D eigenvalue weighted by Crippen LogP contribution is -2.45. The minimum absolute atomic E-state index is 0.0343. The van der Waals surface area contributed by atoms with Crippen LogP contribution in [0, 0.1) is 5.92 Å². The molecule has 3 N–H and O–H groups in total. The van der Waals surface area contributed by atoms with Gasteiger partial charge in [-0.15, -0.1) is 0 Å². The molecule has 0 saturated heterocycles. The van der Waals surface area contributed by atoms with Crippen LogP contribution in [0.25, 0.3) is 0 Å². The number of guanidine groups is 1. The van der Waals surface area contributed by atoms with Gasteiger partial charge in [-0.25, -0.2) is 0 Å². The van der Waals surface area contributed by atoms with E-state index < -0.39 is 0 Å². The van der Waals surface area contributed by atoms with Crippen molar-refractivity contribution >= 4 is 11.9 Å². The van der Waals surface area contributed by atoms with Crippen LogP contribution < -0.4 is 16.0 Å². The summed E-state index contributed by atoms with van der Waals surface area (Å²) in [6, 6.07) is 0.446. The molecule has 1 aliphatic rings. The van der Waals surface area contributed by atoms with Crippen molar-refractivity contribution in [2.45, 2.75) is 32.7 Å². The van der Waals surface area contributed by atoms with Crippen molar-refractivity contribution in [3.8, 4) is 0 Å². The van der Waals surface area contributed by atoms with Crippen molar-refractivity contribution in [2.75, 3.05) is 20.1 Å². The number of hydrogen-bond donors (Lipinski definition) is 3. The van der Waals surface area contributed by atoms with Crippen LogP contribution >= 0.6 is 0 Å². The van der Waals surface area contributed by atoms with Crippen molar-refractivity contribution in [1.82, 2.24) is 16.0 Å². The Balaban J connectivity index is 2.14. The molecule has 0 aromatic rings. The topological polar surface area (TPSA) is 65.5 Å². The molecule has 0 aliphatic heterocycles. The van der Waals surface area contributed by atoms with Crippen molar-refractivity contribution in [1.29, 1.82) is 0 Å². The van der Waals surface area contributed by atoms with Gasteiger partial charge in [-0.1, -0.05) is 26.0 Å². The van der Waals surface area contributed by atoms with Gasteiger partial charge in [-0.3, -0.25) is 9.79 Å². The van der Waals surface area contributed by atoms with Crippen molar-refractivity contribution in [3.63, 3.8) is 0 Å². The number of amides is 1. The molecule has 1 rings (SSSR count). The Labute approximate surface area is 109 Å². The van der Waals surface area contributed by atoms with Gasteiger partial charge in [0, 0.05) is 32.1 Å². The van der Waals surface area contributed by atoms with E-state index in [9.17, 15) is 4.79 Å². The van der Waals surface area contributed by atoms with Gasteiger partial charge in [0.1, 0.15) is 0 Å². The lowest BCUT2D eigenvalue weighted by atomic mass is 10.2. The highest BCUT2D eigenvalue weighted by Gasteiger charge is 2.11. The van der Waals surface area contributed by atoms with Gasteiger partial charge in [0.2, 0.25) is 5.91 Å². The highest BCUT2D eigenvalue weighted by molar-refractivity contribution is 5.80. The Bertz CT molecular complexity index is 315. The van der Waals surface area contributed by atoms with E-state index in [1.54, 1.807) is 7.05 Å². The molecule has 0 saturated carbocycles. The summed E-state index contributed by atoms with van der Waals surface area (Å²) in [7, 11) is 1.75. The fraction of sp³-hybridized carbons (Fsp3) is 0.692. The Kier molecular flexibility index (Phi) is 6.25. The molecule has 0 radical (unpaired) electrons. The standard InChI is InChI=1S/C13H24N4O/c1-10(2)12(18)15-8-9-16-13(14-3)17-11-6-4-5-7-11/h4-5,10-11H,6-9H2,1-3H3,(H,15,18)(H2,14,16,17). The minimum Gasteiger partial charge on any atom is -0.355 e. The first kappa shape index (κ1) is 14.5. The third-order valence-electron chi connectivity index (χ3n) is 2.81. The van der Waals surface area contributed by atoms with Gasteiger partial charge < -0.3 is 16.0 Å². The second-order valence-electron chi connectivity index (χ2n) is 4.73. The molecule has 0 heterocycles. The lowest BCUT2D eigenvalue weighted by Gasteiger charge is -2.17. The maximum Gasteiger partial charge on any atom is 0.222 e. The Morgan fingerprint density at radius 2 is 1.89 bits per heavy atom. The van der Waals surface area contributed by atoms with Crippen LogP contribution in [-0.4, -0.2) is 38.0 Å². The summed E-state index contributed by atoms with van der Waals surface area (Å²) in [5, 5.41) is 9.39. The van der Waals surface area contributed by atoms with Gasteiger partial charge >= 0.3 is 0 Å². The number of aliphatic imine (C=N–C) groups is 1. The summed E-state index contributed by atoms with van der Waals surface area (Å²) in [5.74, 6) is 0.911. The predicted molar refractivity (Wildman–Crippen MR) is 74.5 cm³/mol. The molecule has 1 aliphatic carbocycles. The molecule has 0 bridgehead atoms. The number of nitrogens with one attached hydrogen (secondary N) is 3. The third-order valence-corrected chi connectivity index (χ3v) is 2.81. The predicted octanol–water partition coefficient (Wildman–Crippen LogP) is 0.642. The zero-order chi connectivity index (χ0) is 13.4. The van der Waals surface area contributed by atoms with Crippen molar-refractivity contribution in [2.24, 2.45) is 10.9 Å². The Morgan fingerprint density at radius 1 is 1.28 bits per heavy atom. The summed E-state index contributed by atoms with van der Waals surface area (Å²) in [6.07, 6.45) is 6.44. The zero-order valence-electron chi connectivity index (χ0n) is 11.5. The Morgan fingerprint density at radius 3 is 2.44 bits per heavy atom. The van der Waals surface area contributed by atoms with Crippen molar-refractivity contribution in [3.05, 3.63) is 12.2 Å². The summed E-state index contributed by atoms with van der Waals surface area (Å²) < 4.78 is 0. The molecule has 1 amide bonds. The van der Waals surface area contributed by atoms with E-state index in [0.717, 1.165) is 18.8 Å². The SMILES string of the molecule is CN=C(NCCNC(=O)C(C)C)NC1CC=CC1. The van der Waals surface area contributed by atoms with Crippen LogP contribution in [-0.2, 0) is 4.79 Å². The van der Waals surface area contributed by atoms with E-state index in [1.807, 2.05) is 13.8 Å². The molecular weight excluding hydrogens is 228 g/mol. The molecule has 0 spiro atoms. The third kappa shape index (κ3) is 5.21. The van der Waals surface area contributed by atoms with Crippen LogP contribution in [0.4, 0.5) is 0 Å². The summed E-state index contributed by atoms with van der Waals surface area (Å²) >= 11 is 0. The van der Waals surface area contributed by atoms with E-state index >= 15 is 0 Å². The van der Waals surface area contributed by atoms with Gasteiger partial charge in [-0.2, -0.15) is 0 Å². The number of nitrogens with zero attached hydrogens (tertiary/aromatic N) is 1. The molecule has 0 aromatic carbocycles. The molecule has 5 heteroatoms. The molecule has 18 heavy (non-hydrogen) atoms. The number of hydrogen-bond acceptors (Lipinski definition) is 2. The maximum atomic E-state index is 11.3. The average molecular weight is 252 g/mol. The lowest BCUT2D eigenvalue weighted by molar-refractivity contribution is -0.123. The molecule has 0 aromatic heterocycles. The summed E-state index contributed by atoms with van der Waals surface area (Å²) in [6.45, 7) is 5.06. The molecule has 102 valence electrons. The highest BCUT2D eigenvalue weighted by atomic mass is 16.1. The summed E-state index contributed by atoms with van der Waals surface area (Å²) in [5.41, 5.74) is 0. The quantitative estimate of drug-likeness (QED) is 0.291. The molecule has 0 unspecified atom stereocenters. The first-order chi connectivity index (χ1) is 8.63. The molecule has 0 atom stereocenters. The van der Waals surface area contributed by atoms with E-state index in [4.69, 9.17) is 0 Å². The first-order valence-electron chi connectivity index (χ1n) is 6.53. The van der Waals surface area contributed by atoms with Crippen LogP contribution in [0.2, 0.25) is 0 Å². The fourth-order valence-corrected chi connectivity index (χ4v) is 1.69. The van der Waals surface area contributed by atoms with Gasteiger partial charge in [0.25, 0.3) is 0 Å². The molecule has 5 nitrogen and oxygen atoms in total. The minimum atomic E-state index is 0.0343. The van der Waals surface area contributed by atoms with E-state index in [0.29, 0.717) is 19.1 Å². The maximum absolute atomic E-state index is 11.3. The Hall–Kier alpha value is -1.52. The first-order valence-corrected chi connectivity index (χ1v) is 6.53. The average Bonchev–Trinajstić information content (AvgIpc) is 2.85. The number of rotatable bonds is 5. The van der Waals surface area contributed by atoms with Crippen LogP contribution in [0.5, 0.6) is 0 Å². The van der Waals surface area contributed by atoms with E-state index in [2.05, 4.69) is 33.1 Å². The van der Waals surface area contributed by atoms with Crippen molar-refractivity contribution < 1.29 is 4.79 Å². The number of carbonyl (C=O) groups excluding carboxylic acids is 1. The van der Waals surface area contributed by atoms with Crippen LogP contribution in [0.1, 0.15) is 26.7 Å². The number of carbonyl (C=O) groups is 1. The van der Waals surface area contributed by atoms with Crippen LogP contribution in [0.15, 0.2) is 17.1 Å². The molecular formula is C13H24N4O. The van der Waals surface area contributed by atoms with Gasteiger partial charge in [-0.05, 0) is 12.8 Å². The van der Waals surface area contributed by atoms with Crippen LogP contribution in [0.3, 0.4) is 0 Å².